The molecule has 3 rings (SSSR count). The summed E-state index contributed by atoms with van der Waals surface area (Å²) < 4.78 is 11.2. The Hall–Kier alpha value is -2.17. The Labute approximate surface area is 142 Å². The Morgan fingerprint density at radius 2 is 1.96 bits per heavy atom. The lowest BCUT2D eigenvalue weighted by atomic mass is 10.1. The molecule has 0 aromatic heterocycles. The summed E-state index contributed by atoms with van der Waals surface area (Å²) in [5.74, 6) is 1.14. The van der Waals surface area contributed by atoms with Crippen LogP contribution in [0.4, 0.5) is 0 Å². The van der Waals surface area contributed by atoms with Crippen molar-refractivity contribution in [2.24, 2.45) is 0 Å². The lowest BCUT2D eigenvalue weighted by Gasteiger charge is -2.16. The first kappa shape index (κ1) is 15.7. The molecule has 0 amide bonds. The molecule has 1 heterocycles. The topological polar surface area (TPSA) is 55.8 Å². The van der Waals surface area contributed by atoms with E-state index in [9.17, 15) is 9.90 Å². The predicted molar refractivity (Wildman–Crippen MR) is 88.4 cm³/mol. The molecule has 0 bridgehead atoms. The van der Waals surface area contributed by atoms with Crippen molar-refractivity contribution in [2.75, 3.05) is 6.61 Å². The van der Waals surface area contributed by atoms with Crippen LogP contribution in [0.25, 0.3) is 6.08 Å². The number of ether oxygens (including phenoxy) is 2. The van der Waals surface area contributed by atoms with Crippen LogP contribution in [0, 0.1) is 0 Å². The lowest BCUT2D eigenvalue weighted by molar-refractivity contribution is -0.105. The average Bonchev–Trinajstić information content (AvgIpc) is 2.57. The Kier molecular flexibility index (Phi) is 4.46. The molecule has 0 aliphatic carbocycles. The fraction of sp³-hybridized carbons (Fsp3) is 0.118. The number of phenolic OH excluding ortho intramolecular Hbond substituents is 1. The van der Waals surface area contributed by atoms with Gasteiger partial charge in [-0.1, -0.05) is 23.2 Å². The highest BCUT2D eigenvalue weighted by Gasteiger charge is 2.12. The van der Waals surface area contributed by atoms with Crippen LogP contribution in [-0.2, 0) is 11.4 Å². The van der Waals surface area contributed by atoms with Crippen molar-refractivity contribution >= 4 is 35.6 Å². The number of rotatable bonds is 4. The average molecular weight is 351 g/mol. The van der Waals surface area contributed by atoms with Gasteiger partial charge in [-0.15, -0.1) is 0 Å². The Morgan fingerprint density at radius 1 is 1.22 bits per heavy atom. The van der Waals surface area contributed by atoms with Gasteiger partial charge in [0.1, 0.15) is 31.0 Å². The van der Waals surface area contributed by atoms with E-state index in [1.165, 1.54) is 0 Å². The molecule has 6 heteroatoms. The first-order chi connectivity index (χ1) is 11.1. The van der Waals surface area contributed by atoms with E-state index >= 15 is 0 Å². The molecule has 0 unspecified atom stereocenters. The monoisotopic (exact) mass is 350 g/mol. The van der Waals surface area contributed by atoms with Gasteiger partial charge in [0.2, 0.25) is 0 Å². The van der Waals surface area contributed by atoms with Gasteiger partial charge >= 0.3 is 0 Å². The highest BCUT2D eigenvalue weighted by atomic mass is 35.5. The molecule has 0 saturated carbocycles. The van der Waals surface area contributed by atoms with Crippen molar-refractivity contribution in [3.05, 3.63) is 57.1 Å². The van der Waals surface area contributed by atoms with Gasteiger partial charge in [0.15, 0.2) is 5.75 Å². The summed E-state index contributed by atoms with van der Waals surface area (Å²) in [5, 5.41) is 9.89. The van der Waals surface area contributed by atoms with Crippen LogP contribution >= 0.6 is 23.2 Å². The number of carbonyl (C=O) groups is 1. The molecule has 4 nitrogen and oxygen atoms in total. The summed E-state index contributed by atoms with van der Waals surface area (Å²) in [6.45, 7) is 0.497. The highest BCUT2D eigenvalue weighted by Crippen LogP contribution is 2.34. The molecule has 2 aromatic rings. The van der Waals surface area contributed by atoms with Crippen molar-refractivity contribution in [1.29, 1.82) is 0 Å². The first-order valence-corrected chi connectivity index (χ1v) is 7.54. The summed E-state index contributed by atoms with van der Waals surface area (Å²) in [6.07, 6.45) is 2.57. The molecule has 0 fully saturated rings. The van der Waals surface area contributed by atoms with Gasteiger partial charge in [-0.2, -0.15) is 0 Å². The van der Waals surface area contributed by atoms with Gasteiger partial charge < -0.3 is 14.6 Å². The van der Waals surface area contributed by atoms with Crippen molar-refractivity contribution in [3.8, 4) is 17.2 Å². The number of fused-ring (bicyclic) bond motifs is 1. The van der Waals surface area contributed by atoms with Crippen LogP contribution in [0.3, 0.4) is 0 Å². The van der Waals surface area contributed by atoms with Crippen molar-refractivity contribution < 1.29 is 19.4 Å². The summed E-state index contributed by atoms with van der Waals surface area (Å²) in [5.41, 5.74) is 2.17. The smallest absolute Gasteiger partial charge is 0.152 e. The van der Waals surface area contributed by atoms with Crippen LogP contribution in [0.5, 0.6) is 17.2 Å². The van der Waals surface area contributed by atoms with E-state index in [1.807, 2.05) is 6.07 Å². The van der Waals surface area contributed by atoms with Crippen molar-refractivity contribution in [2.45, 2.75) is 6.61 Å². The number of aldehydes is 1. The van der Waals surface area contributed by atoms with Gasteiger partial charge in [0.05, 0.1) is 10.0 Å². The van der Waals surface area contributed by atoms with E-state index in [4.69, 9.17) is 32.7 Å². The second kappa shape index (κ2) is 6.52. The van der Waals surface area contributed by atoms with Crippen LogP contribution in [0.1, 0.15) is 11.1 Å². The number of halogens is 2. The minimum atomic E-state index is -0.142. The molecule has 2 aromatic carbocycles. The van der Waals surface area contributed by atoms with Gasteiger partial charge in [-0.3, -0.25) is 4.79 Å². The van der Waals surface area contributed by atoms with E-state index in [-0.39, 0.29) is 29.0 Å². The third kappa shape index (κ3) is 3.44. The summed E-state index contributed by atoms with van der Waals surface area (Å²) in [6, 6.07) is 8.56. The Morgan fingerprint density at radius 3 is 2.65 bits per heavy atom. The zero-order valence-electron chi connectivity index (χ0n) is 11.9. The maximum absolute atomic E-state index is 10.8. The molecule has 1 aliphatic heterocycles. The SMILES string of the molecule is O=CC1=Cc2ccc(OCc3cc(Cl)c(O)c(Cl)c3)cc2OC1. The normalized spacial score (nSPS) is 12.9. The second-order valence-corrected chi connectivity index (χ2v) is 5.84. The fourth-order valence-electron chi connectivity index (χ4n) is 2.19. The van der Waals surface area contributed by atoms with E-state index in [0.717, 1.165) is 17.4 Å². The van der Waals surface area contributed by atoms with Crippen molar-refractivity contribution in [1.82, 2.24) is 0 Å². The maximum atomic E-state index is 10.8. The standard InChI is InChI=1S/C17H12Cl2O4/c18-14-4-10(5-15(19)17(14)21)8-22-13-2-1-12-3-11(7-20)9-23-16(12)6-13/h1-7,21H,8-9H2. The molecule has 23 heavy (non-hydrogen) atoms. The number of phenols is 1. The molecule has 0 spiro atoms. The molecule has 118 valence electrons. The van der Waals surface area contributed by atoms with Crippen LogP contribution < -0.4 is 9.47 Å². The molecule has 0 atom stereocenters. The largest absolute Gasteiger partial charge is 0.505 e. The molecule has 0 saturated heterocycles. The van der Waals surface area contributed by atoms with Gasteiger partial charge in [-0.25, -0.2) is 0 Å². The molecule has 1 aliphatic rings. The zero-order chi connectivity index (χ0) is 16.4. The van der Waals surface area contributed by atoms with Gasteiger partial charge in [0, 0.05) is 17.2 Å². The van der Waals surface area contributed by atoms with E-state index in [1.54, 1.807) is 30.3 Å². The first-order valence-electron chi connectivity index (χ1n) is 6.79. The predicted octanol–water partition coefficient (Wildman–Crippen LogP) is 4.25. The summed E-state index contributed by atoms with van der Waals surface area (Å²) in [4.78, 5) is 10.8. The summed E-state index contributed by atoms with van der Waals surface area (Å²) >= 11 is 11.8. The molecule has 1 N–H and O–H groups in total. The van der Waals surface area contributed by atoms with E-state index < -0.39 is 0 Å². The third-order valence-electron chi connectivity index (χ3n) is 3.35. The van der Waals surface area contributed by atoms with Gasteiger partial charge in [0.25, 0.3) is 0 Å². The number of carbonyl (C=O) groups excluding carboxylic acids is 1. The van der Waals surface area contributed by atoms with Crippen LogP contribution in [0.2, 0.25) is 10.0 Å². The highest BCUT2D eigenvalue weighted by molar-refractivity contribution is 6.37. The van der Waals surface area contributed by atoms with Crippen LogP contribution in [0.15, 0.2) is 35.9 Å². The fourth-order valence-corrected chi connectivity index (χ4v) is 2.72. The summed E-state index contributed by atoms with van der Waals surface area (Å²) in [7, 11) is 0. The number of aromatic hydroxyl groups is 1. The molecular formula is C17H12Cl2O4. The molecule has 0 radical (unpaired) electrons. The number of hydrogen-bond acceptors (Lipinski definition) is 4. The maximum Gasteiger partial charge on any atom is 0.152 e. The number of benzene rings is 2. The van der Waals surface area contributed by atoms with E-state index in [2.05, 4.69) is 0 Å². The minimum Gasteiger partial charge on any atom is -0.505 e. The van der Waals surface area contributed by atoms with E-state index in [0.29, 0.717) is 17.1 Å². The van der Waals surface area contributed by atoms with Crippen LogP contribution in [-0.4, -0.2) is 18.0 Å². The number of hydrogen-bond donors (Lipinski definition) is 1. The Balaban J connectivity index is 1.75. The van der Waals surface area contributed by atoms with Gasteiger partial charge in [-0.05, 0) is 35.9 Å². The minimum absolute atomic E-state index is 0.142. The zero-order valence-corrected chi connectivity index (χ0v) is 13.4. The lowest BCUT2D eigenvalue weighted by Crippen LogP contribution is -2.08. The van der Waals surface area contributed by atoms with Crippen molar-refractivity contribution in [3.63, 3.8) is 0 Å². The Bertz CT molecular complexity index is 776. The molecular weight excluding hydrogens is 339 g/mol. The second-order valence-electron chi connectivity index (χ2n) is 5.02. The third-order valence-corrected chi connectivity index (χ3v) is 3.93. The quantitative estimate of drug-likeness (QED) is 0.837.